The number of sulfonamides is 1. The molecule has 0 atom stereocenters. The zero-order valence-corrected chi connectivity index (χ0v) is 28.7. The Labute approximate surface area is 282 Å². The highest BCUT2D eigenvalue weighted by molar-refractivity contribution is 7.89. The smallest absolute Gasteiger partial charge is 0.244 e. The summed E-state index contributed by atoms with van der Waals surface area (Å²) in [6, 6.07) is 15.3. The van der Waals surface area contributed by atoms with Crippen LogP contribution in [0.25, 0.3) is 11.0 Å². The van der Waals surface area contributed by atoms with Crippen LogP contribution in [0.5, 0.6) is 5.75 Å². The van der Waals surface area contributed by atoms with Gasteiger partial charge in [0.05, 0.1) is 13.2 Å². The molecule has 2 aliphatic heterocycles. The lowest BCUT2D eigenvalue weighted by atomic mass is 10.0. The first-order valence-electron chi connectivity index (χ1n) is 16.5. The van der Waals surface area contributed by atoms with Crippen LogP contribution in [0.1, 0.15) is 30.4 Å². The highest BCUT2D eigenvalue weighted by Gasteiger charge is 2.27. The van der Waals surface area contributed by atoms with Gasteiger partial charge in [0.2, 0.25) is 16.0 Å². The quantitative estimate of drug-likeness (QED) is 0.213. The number of phenols is 1. The minimum Gasteiger partial charge on any atom is -0.507 e. The number of piperidine rings is 1. The lowest BCUT2D eigenvalue weighted by Crippen LogP contribution is -2.43. The number of fused-ring (bicyclic) bond motifs is 1. The van der Waals surface area contributed by atoms with Gasteiger partial charge in [0.15, 0.2) is 11.6 Å². The molecule has 4 aromatic rings. The van der Waals surface area contributed by atoms with E-state index in [1.165, 1.54) is 6.07 Å². The van der Waals surface area contributed by atoms with Crippen LogP contribution >= 0.6 is 0 Å². The highest BCUT2D eigenvalue weighted by atomic mass is 32.2. The number of aryl methyl sites for hydroxylation is 1. The van der Waals surface area contributed by atoms with Gasteiger partial charge < -0.3 is 29.4 Å². The van der Waals surface area contributed by atoms with Gasteiger partial charge in [-0.3, -0.25) is 0 Å². The molecular weight excluding hydrogens is 630 g/mol. The van der Waals surface area contributed by atoms with E-state index >= 15 is 0 Å². The summed E-state index contributed by atoms with van der Waals surface area (Å²) >= 11 is 0. The van der Waals surface area contributed by atoms with Crippen molar-refractivity contribution in [3.05, 3.63) is 66.0 Å². The first-order chi connectivity index (χ1) is 23.2. The Morgan fingerprint density at radius 3 is 2.40 bits per heavy atom. The summed E-state index contributed by atoms with van der Waals surface area (Å²) in [5.41, 5.74) is 2.92. The molecule has 2 aliphatic rings. The Balaban J connectivity index is 1.33. The molecule has 2 saturated heterocycles. The molecule has 14 heteroatoms. The standard InChI is InChI=1S/C34H45N9O4S/c1-25-9-7-12-28(44)31(25)48(45,46)37-15-8-16-43(23-26-10-5-4-6-11-26)32-30-29(35-24-36-32)33(41-19-21-47-22-20-41)39-34(38-30)42-17-13-27(14-18-42)40(2)3/h4-7,9-12,24,27,37,44H,8,13-23H2,1-3H3. The third kappa shape index (κ3) is 7.62. The fourth-order valence-corrected chi connectivity index (χ4v) is 7.85. The number of hydrogen-bond donors (Lipinski definition) is 2. The van der Waals surface area contributed by atoms with Crippen molar-refractivity contribution in [2.75, 3.05) is 81.3 Å². The number of benzene rings is 2. The summed E-state index contributed by atoms with van der Waals surface area (Å²) in [5, 5.41) is 10.3. The zero-order chi connectivity index (χ0) is 33.7. The van der Waals surface area contributed by atoms with E-state index in [-0.39, 0.29) is 17.2 Å². The fourth-order valence-electron chi connectivity index (χ4n) is 6.46. The highest BCUT2D eigenvalue weighted by Crippen LogP contribution is 2.32. The van der Waals surface area contributed by atoms with E-state index in [1.54, 1.807) is 25.4 Å². The number of aromatic hydroxyl groups is 1. The van der Waals surface area contributed by atoms with Crippen LogP contribution in [0.3, 0.4) is 0 Å². The van der Waals surface area contributed by atoms with Gasteiger partial charge in [-0.15, -0.1) is 0 Å². The summed E-state index contributed by atoms with van der Waals surface area (Å²) in [6.07, 6.45) is 4.09. The van der Waals surface area contributed by atoms with Crippen molar-refractivity contribution >= 4 is 38.6 Å². The molecule has 0 spiro atoms. The molecule has 0 aliphatic carbocycles. The number of ether oxygens (including phenoxy) is 1. The summed E-state index contributed by atoms with van der Waals surface area (Å²) in [7, 11) is 0.349. The number of aromatic nitrogens is 4. The van der Waals surface area contributed by atoms with Gasteiger partial charge in [-0.25, -0.2) is 28.1 Å². The molecule has 0 bridgehead atoms. The van der Waals surface area contributed by atoms with Gasteiger partial charge in [-0.05, 0) is 57.5 Å². The first kappa shape index (κ1) is 33.8. The number of hydrogen-bond acceptors (Lipinski definition) is 12. The third-order valence-corrected chi connectivity index (χ3v) is 10.7. The second kappa shape index (κ2) is 15.0. The molecule has 0 radical (unpaired) electrons. The van der Waals surface area contributed by atoms with Crippen molar-refractivity contribution in [3.63, 3.8) is 0 Å². The van der Waals surface area contributed by atoms with Gasteiger partial charge >= 0.3 is 0 Å². The first-order valence-corrected chi connectivity index (χ1v) is 18.0. The average Bonchev–Trinajstić information content (AvgIpc) is 3.09. The maximum Gasteiger partial charge on any atom is 0.244 e. The lowest BCUT2D eigenvalue weighted by Gasteiger charge is -2.36. The van der Waals surface area contributed by atoms with Crippen molar-refractivity contribution in [3.8, 4) is 5.75 Å². The van der Waals surface area contributed by atoms with Crippen LogP contribution in [0, 0.1) is 6.92 Å². The van der Waals surface area contributed by atoms with Gasteiger partial charge in [-0.1, -0.05) is 42.5 Å². The van der Waals surface area contributed by atoms with Crippen molar-refractivity contribution in [2.24, 2.45) is 0 Å². The zero-order valence-electron chi connectivity index (χ0n) is 27.9. The van der Waals surface area contributed by atoms with Gasteiger partial charge in [0, 0.05) is 51.9 Å². The number of rotatable bonds is 12. The van der Waals surface area contributed by atoms with Gasteiger partial charge in [-0.2, -0.15) is 4.98 Å². The van der Waals surface area contributed by atoms with E-state index < -0.39 is 10.0 Å². The second-order valence-electron chi connectivity index (χ2n) is 12.6. The molecule has 0 amide bonds. The molecule has 6 rings (SSSR count). The minimum atomic E-state index is -3.91. The molecule has 256 valence electrons. The Morgan fingerprint density at radius 1 is 0.938 bits per heavy atom. The number of nitrogens with zero attached hydrogens (tertiary/aromatic N) is 8. The molecule has 0 saturated carbocycles. The Kier molecular flexibility index (Phi) is 10.5. The Morgan fingerprint density at radius 2 is 1.69 bits per heavy atom. The Hall–Kier alpha value is -4.11. The monoisotopic (exact) mass is 675 g/mol. The SMILES string of the molecule is Cc1cccc(O)c1S(=O)(=O)NCCCN(Cc1ccccc1)c1ncnc2c(N3CCOCC3)nc(N3CCC(N(C)C)CC3)nc12. The van der Waals surface area contributed by atoms with Crippen LogP contribution in [-0.2, 0) is 21.3 Å². The van der Waals surface area contributed by atoms with Crippen LogP contribution in [0.2, 0.25) is 0 Å². The lowest BCUT2D eigenvalue weighted by molar-refractivity contribution is 0.122. The van der Waals surface area contributed by atoms with Gasteiger partial charge in [0.1, 0.15) is 28.0 Å². The number of anilines is 3. The normalized spacial score (nSPS) is 16.2. The van der Waals surface area contributed by atoms with Crippen LogP contribution in [-0.4, -0.2) is 111 Å². The fraction of sp³-hybridized carbons (Fsp3) is 0.471. The summed E-state index contributed by atoms with van der Waals surface area (Å²) in [6.45, 7) is 7.21. The molecule has 2 aromatic carbocycles. The number of nitrogens with one attached hydrogen (secondary N) is 1. The molecule has 2 fully saturated rings. The third-order valence-electron chi connectivity index (χ3n) is 9.09. The van der Waals surface area contributed by atoms with Crippen molar-refractivity contribution in [1.29, 1.82) is 0 Å². The van der Waals surface area contributed by atoms with Gasteiger partial charge in [0.25, 0.3) is 0 Å². The van der Waals surface area contributed by atoms with E-state index in [0.29, 0.717) is 80.2 Å². The summed E-state index contributed by atoms with van der Waals surface area (Å²) in [4.78, 5) is 28.6. The summed E-state index contributed by atoms with van der Waals surface area (Å²) in [5.74, 6) is 1.85. The second-order valence-corrected chi connectivity index (χ2v) is 14.3. The average molecular weight is 676 g/mol. The molecular formula is C34H45N9O4S. The van der Waals surface area contributed by atoms with E-state index in [4.69, 9.17) is 24.7 Å². The van der Waals surface area contributed by atoms with Crippen molar-refractivity contribution in [1.82, 2.24) is 29.6 Å². The van der Waals surface area contributed by atoms with Crippen molar-refractivity contribution in [2.45, 2.75) is 43.7 Å². The predicted octanol–water partition coefficient (Wildman–Crippen LogP) is 3.18. The maximum absolute atomic E-state index is 13.1. The number of phenolic OH excluding ortho intramolecular Hbond substituents is 1. The van der Waals surface area contributed by atoms with E-state index in [2.05, 4.69) is 50.5 Å². The molecule has 48 heavy (non-hydrogen) atoms. The van der Waals surface area contributed by atoms with Crippen LogP contribution in [0.4, 0.5) is 17.6 Å². The minimum absolute atomic E-state index is 0.0950. The van der Waals surface area contributed by atoms with E-state index in [9.17, 15) is 13.5 Å². The van der Waals surface area contributed by atoms with Crippen LogP contribution < -0.4 is 19.4 Å². The summed E-state index contributed by atoms with van der Waals surface area (Å²) < 4.78 is 34.6. The molecule has 13 nitrogen and oxygen atoms in total. The van der Waals surface area contributed by atoms with E-state index in [0.717, 1.165) is 37.3 Å². The van der Waals surface area contributed by atoms with Crippen molar-refractivity contribution < 1.29 is 18.3 Å². The molecule has 4 heterocycles. The maximum atomic E-state index is 13.1. The van der Waals surface area contributed by atoms with Crippen LogP contribution in [0.15, 0.2) is 59.8 Å². The largest absolute Gasteiger partial charge is 0.507 e. The molecule has 2 N–H and O–H groups in total. The molecule has 0 unspecified atom stereocenters. The number of morpholine rings is 1. The Bertz CT molecular complexity index is 1780. The predicted molar refractivity (Wildman–Crippen MR) is 187 cm³/mol. The molecule has 2 aromatic heterocycles. The van der Waals surface area contributed by atoms with E-state index in [1.807, 2.05) is 18.2 Å². The topological polar surface area (TPSA) is 140 Å².